The largest absolute Gasteiger partial charge is 0.399 e. The van der Waals surface area contributed by atoms with E-state index in [-0.39, 0.29) is 36.6 Å². The number of nitrogens with one attached hydrogen (secondary N) is 1. The number of hydrogen-bond acceptors (Lipinski definition) is 4. The van der Waals surface area contributed by atoms with Crippen molar-refractivity contribution in [2.24, 2.45) is 0 Å². The van der Waals surface area contributed by atoms with Gasteiger partial charge in [0.05, 0.1) is 13.0 Å². The molecule has 2 rings (SSSR count). The molecule has 0 aliphatic carbocycles. The molecule has 3 N–H and O–H groups in total. The summed E-state index contributed by atoms with van der Waals surface area (Å²) in [7, 11) is 0. The minimum absolute atomic E-state index is 0. The Labute approximate surface area is 161 Å². The van der Waals surface area contributed by atoms with Crippen molar-refractivity contribution in [3.05, 3.63) is 42.5 Å². The Morgan fingerprint density at radius 2 is 1.72 bits per heavy atom. The highest BCUT2D eigenvalue weighted by atomic mass is 35.5. The van der Waals surface area contributed by atoms with E-state index in [1.807, 2.05) is 29.2 Å². The Morgan fingerprint density at radius 3 is 2.28 bits per heavy atom. The molecule has 1 aliphatic heterocycles. The third kappa shape index (κ3) is 7.77. The van der Waals surface area contributed by atoms with Crippen molar-refractivity contribution in [1.82, 2.24) is 15.1 Å². The number of nitrogen functional groups attached to an aromatic ring is 1. The lowest BCUT2D eigenvalue weighted by Crippen LogP contribution is -2.51. The second-order valence-electron chi connectivity index (χ2n) is 5.67. The van der Waals surface area contributed by atoms with Crippen LogP contribution in [0.1, 0.15) is 5.56 Å². The van der Waals surface area contributed by atoms with Crippen LogP contribution < -0.4 is 11.1 Å². The van der Waals surface area contributed by atoms with Gasteiger partial charge in [0, 0.05) is 38.4 Å². The molecule has 0 unspecified atom stereocenters. The van der Waals surface area contributed by atoms with E-state index < -0.39 is 0 Å². The first-order valence-corrected chi connectivity index (χ1v) is 7.80. The van der Waals surface area contributed by atoms with Crippen molar-refractivity contribution in [2.45, 2.75) is 6.42 Å². The van der Waals surface area contributed by atoms with Crippen molar-refractivity contribution in [2.75, 3.05) is 45.0 Å². The summed E-state index contributed by atoms with van der Waals surface area (Å²) in [5, 5.41) is 2.76. The average molecular weight is 389 g/mol. The molecule has 0 radical (unpaired) electrons. The van der Waals surface area contributed by atoms with Gasteiger partial charge in [0.1, 0.15) is 0 Å². The number of benzene rings is 1. The fraction of sp³-hybridized carbons (Fsp3) is 0.412. The van der Waals surface area contributed by atoms with Crippen LogP contribution in [-0.2, 0) is 16.0 Å². The third-order valence-corrected chi connectivity index (χ3v) is 3.87. The Balaban J connectivity index is 0.00000288. The topological polar surface area (TPSA) is 78.7 Å². The molecule has 1 aromatic carbocycles. The van der Waals surface area contributed by atoms with E-state index in [4.69, 9.17) is 5.73 Å². The Bertz CT molecular complexity index is 558. The predicted molar refractivity (Wildman–Crippen MR) is 105 cm³/mol. The number of rotatable bonds is 6. The molecular weight excluding hydrogens is 363 g/mol. The number of anilines is 1. The van der Waals surface area contributed by atoms with E-state index in [2.05, 4.69) is 16.8 Å². The summed E-state index contributed by atoms with van der Waals surface area (Å²) in [5.74, 6) is 0.108. The molecule has 1 aromatic rings. The van der Waals surface area contributed by atoms with Gasteiger partial charge in [0.25, 0.3) is 0 Å². The van der Waals surface area contributed by atoms with Crippen molar-refractivity contribution < 1.29 is 9.59 Å². The minimum atomic E-state index is -0.00782. The predicted octanol–water partition coefficient (Wildman–Crippen LogP) is 1.10. The molecule has 0 saturated carbocycles. The number of halogens is 2. The molecule has 0 aromatic heterocycles. The van der Waals surface area contributed by atoms with Crippen LogP contribution in [0.15, 0.2) is 36.9 Å². The Hall–Kier alpha value is -1.76. The highest BCUT2D eigenvalue weighted by molar-refractivity contribution is 5.85. The summed E-state index contributed by atoms with van der Waals surface area (Å²) in [4.78, 5) is 27.9. The summed E-state index contributed by atoms with van der Waals surface area (Å²) >= 11 is 0. The van der Waals surface area contributed by atoms with Gasteiger partial charge in [-0.15, -0.1) is 31.4 Å². The van der Waals surface area contributed by atoms with Gasteiger partial charge in [0.2, 0.25) is 11.8 Å². The number of nitrogens with two attached hydrogens (primary N) is 1. The zero-order valence-electron chi connectivity index (χ0n) is 14.1. The lowest BCUT2D eigenvalue weighted by Gasteiger charge is -2.34. The fourth-order valence-corrected chi connectivity index (χ4v) is 2.52. The summed E-state index contributed by atoms with van der Waals surface area (Å²) in [6.45, 7) is 7.17. The molecular formula is C17H26Cl2N4O2. The van der Waals surface area contributed by atoms with Gasteiger partial charge in [-0.2, -0.15) is 0 Å². The van der Waals surface area contributed by atoms with E-state index in [1.54, 1.807) is 6.08 Å². The lowest BCUT2D eigenvalue weighted by atomic mass is 10.1. The molecule has 0 bridgehead atoms. The van der Waals surface area contributed by atoms with E-state index in [1.165, 1.54) is 0 Å². The van der Waals surface area contributed by atoms with Crippen LogP contribution >= 0.6 is 24.8 Å². The Morgan fingerprint density at radius 1 is 1.12 bits per heavy atom. The first-order valence-electron chi connectivity index (χ1n) is 7.80. The normalized spacial score (nSPS) is 14.0. The lowest BCUT2D eigenvalue weighted by molar-refractivity contribution is -0.132. The van der Waals surface area contributed by atoms with Crippen LogP contribution in [0.25, 0.3) is 0 Å². The number of carbonyl (C=O) groups excluding carboxylic acids is 2. The van der Waals surface area contributed by atoms with Gasteiger partial charge in [0.15, 0.2) is 0 Å². The highest BCUT2D eigenvalue weighted by Crippen LogP contribution is 2.09. The SMILES string of the molecule is C=CCNC(=O)CN1CCN(C(=O)Cc2ccc(N)cc2)CC1.Cl.Cl. The van der Waals surface area contributed by atoms with Gasteiger partial charge >= 0.3 is 0 Å². The first-order chi connectivity index (χ1) is 11.1. The Kier molecular flexibility index (Phi) is 10.9. The maximum absolute atomic E-state index is 12.3. The van der Waals surface area contributed by atoms with Gasteiger partial charge in [-0.3, -0.25) is 14.5 Å². The second-order valence-corrected chi connectivity index (χ2v) is 5.67. The van der Waals surface area contributed by atoms with E-state index in [0.717, 1.165) is 18.7 Å². The van der Waals surface area contributed by atoms with Gasteiger partial charge in [-0.25, -0.2) is 0 Å². The number of hydrogen-bond donors (Lipinski definition) is 2. The van der Waals surface area contributed by atoms with Crippen molar-refractivity contribution in [3.8, 4) is 0 Å². The summed E-state index contributed by atoms with van der Waals surface area (Å²) in [6.07, 6.45) is 2.05. The van der Waals surface area contributed by atoms with Crippen molar-refractivity contribution >= 4 is 42.3 Å². The van der Waals surface area contributed by atoms with Crippen LogP contribution in [-0.4, -0.2) is 60.9 Å². The van der Waals surface area contributed by atoms with Crippen LogP contribution in [0, 0.1) is 0 Å². The van der Waals surface area contributed by atoms with Crippen LogP contribution in [0.5, 0.6) is 0 Å². The molecule has 1 fully saturated rings. The van der Waals surface area contributed by atoms with Crippen LogP contribution in [0.4, 0.5) is 5.69 Å². The molecule has 0 spiro atoms. The summed E-state index contributed by atoms with van der Waals surface area (Å²) < 4.78 is 0. The number of piperazine rings is 1. The van der Waals surface area contributed by atoms with Gasteiger partial charge in [-0.05, 0) is 17.7 Å². The minimum Gasteiger partial charge on any atom is -0.399 e. The number of nitrogens with zero attached hydrogens (tertiary/aromatic N) is 2. The first kappa shape index (κ1) is 23.2. The summed E-state index contributed by atoms with van der Waals surface area (Å²) in [5.41, 5.74) is 7.31. The molecule has 140 valence electrons. The van der Waals surface area contributed by atoms with Crippen LogP contribution in [0.3, 0.4) is 0 Å². The van der Waals surface area contributed by atoms with E-state index >= 15 is 0 Å². The molecule has 1 saturated heterocycles. The molecule has 0 atom stereocenters. The van der Waals surface area contributed by atoms with Gasteiger partial charge in [-0.1, -0.05) is 18.2 Å². The zero-order valence-corrected chi connectivity index (χ0v) is 15.8. The number of carbonyl (C=O) groups is 2. The maximum atomic E-state index is 12.3. The summed E-state index contributed by atoms with van der Waals surface area (Å²) in [6, 6.07) is 7.38. The maximum Gasteiger partial charge on any atom is 0.234 e. The molecule has 2 amide bonds. The van der Waals surface area contributed by atoms with Crippen molar-refractivity contribution in [1.29, 1.82) is 0 Å². The molecule has 1 aliphatic rings. The van der Waals surface area contributed by atoms with Crippen molar-refractivity contribution in [3.63, 3.8) is 0 Å². The fourth-order valence-electron chi connectivity index (χ4n) is 2.52. The molecule has 6 nitrogen and oxygen atoms in total. The second kappa shape index (κ2) is 11.7. The van der Waals surface area contributed by atoms with Crippen LogP contribution in [0.2, 0.25) is 0 Å². The standard InChI is InChI=1S/C17H24N4O2.2ClH/c1-2-7-19-16(22)13-20-8-10-21(11-9-20)17(23)12-14-3-5-15(18)6-4-14;;/h2-6H,1,7-13,18H2,(H,19,22);2*1H. The van der Waals surface area contributed by atoms with Gasteiger partial charge < -0.3 is 16.0 Å². The van der Waals surface area contributed by atoms with E-state index in [0.29, 0.717) is 38.3 Å². The smallest absolute Gasteiger partial charge is 0.234 e. The third-order valence-electron chi connectivity index (χ3n) is 3.87. The zero-order chi connectivity index (χ0) is 16.7. The quantitative estimate of drug-likeness (QED) is 0.564. The van der Waals surface area contributed by atoms with E-state index in [9.17, 15) is 9.59 Å². The number of amides is 2. The molecule has 8 heteroatoms. The average Bonchev–Trinajstić information content (AvgIpc) is 2.55. The monoisotopic (exact) mass is 388 g/mol. The molecule has 1 heterocycles. The highest BCUT2D eigenvalue weighted by Gasteiger charge is 2.22. The molecule has 25 heavy (non-hydrogen) atoms.